The summed E-state index contributed by atoms with van der Waals surface area (Å²) < 4.78 is 48.8. The molecular weight excluding hydrogens is 435 g/mol. The summed E-state index contributed by atoms with van der Waals surface area (Å²) in [5.41, 5.74) is 0.801. The zero-order valence-corrected chi connectivity index (χ0v) is 19.5. The molecule has 0 radical (unpaired) electrons. The van der Waals surface area contributed by atoms with E-state index in [1.807, 2.05) is 6.92 Å². The summed E-state index contributed by atoms with van der Waals surface area (Å²) in [4.78, 5) is 13.3. The lowest BCUT2D eigenvalue weighted by atomic mass is 10.0. The van der Waals surface area contributed by atoms with Crippen LogP contribution < -0.4 is 4.74 Å². The number of nitrogens with zero attached hydrogens (tertiary/aromatic N) is 2. The molecule has 1 aliphatic rings. The molecule has 0 fully saturated rings. The fourth-order valence-corrected chi connectivity index (χ4v) is 5.53. The topological polar surface area (TPSA) is 87.2 Å². The van der Waals surface area contributed by atoms with E-state index >= 15 is 0 Å². The highest BCUT2D eigenvalue weighted by molar-refractivity contribution is 7.89. The molecule has 0 aliphatic carbocycles. The largest absolute Gasteiger partial charge is 0.487 e. The lowest BCUT2D eigenvalue weighted by molar-refractivity contribution is -0.129. The molecule has 1 N–H and O–H groups in total. The molecule has 0 saturated carbocycles. The van der Waals surface area contributed by atoms with E-state index in [0.717, 1.165) is 0 Å². The number of hydrogen-bond donors (Lipinski definition) is 1. The molecule has 32 heavy (non-hydrogen) atoms. The second-order valence-corrected chi connectivity index (χ2v) is 10.1. The molecule has 3 rings (SSSR count). The van der Waals surface area contributed by atoms with Crippen LogP contribution in [-0.4, -0.2) is 67.5 Å². The van der Waals surface area contributed by atoms with E-state index < -0.39 is 28.0 Å². The molecule has 0 unspecified atom stereocenters. The van der Waals surface area contributed by atoms with Crippen molar-refractivity contribution >= 4 is 15.9 Å². The molecule has 174 valence electrons. The molecular formula is C23H29FN2O5S. The van der Waals surface area contributed by atoms with Gasteiger partial charge in [-0.25, -0.2) is 12.8 Å². The van der Waals surface area contributed by atoms with E-state index in [0.29, 0.717) is 11.1 Å². The van der Waals surface area contributed by atoms with E-state index in [2.05, 4.69) is 0 Å². The van der Waals surface area contributed by atoms with Crippen molar-refractivity contribution in [2.24, 2.45) is 5.92 Å². The van der Waals surface area contributed by atoms with Gasteiger partial charge in [0.25, 0.3) is 0 Å². The van der Waals surface area contributed by atoms with Crippen molar-refractivity contribution in [3.63, 3.8) is 0 Å². The molecule has 3 atom stereocenters. The quantitative estimate of drug-likeness (QED) is 0.735. The standard InChI is InChI=1S/C23H29FN2O5S/c1-15-12-26(16(2)14-27)32(29,30)23-10-9-18(19-7-5-6-8-20(19)24)11-21(23)31-22(15)13-25(4)17(3)28/h5-11,15-16,22,27H,12-14H2,1-4H3/t15-,16+,22+/m0/s1. The molecule has 0 bridgehead atoms. The van der Waals surface area contributed by atoms with Crippen LogP contribution in [0, 0.1) is 11.7 Å². The third-order valence-electron chi connectivity index (χ3n) is 5.84. The van der Waals surface area contributed by atoms with Crippen LogP contribution in [0.25, 0.3) is 11.1 Å². The van der Waals surface area contributed by atoms with Gasteiger partial charge in [0, 0.05) is 38.0 Å². The van der Waals surface area contributed by atoms with E-state index in [4.69, 9.17) is 4.74 Å². The van der Waals surface area contributed by atoms with Gasteiger partial charge in [0.05, 0.1) is 13.2 Å². The Morgan fingerprint density at radius 3 is 2.62 bits per heavy atom. The maximum absolute atomic E-state index is 14.4. The number of hydrogen-bond acceptors (Lipinski definition) is 5. The van der Waals surface area contributed by atoms with E-state index in [-0.39, 0.29) is 42.2 Å². The molecule has 1 amide bonds. The van der Waals surface area contributed by atoms with E-state index in [1.165, 1.54) is 34.3 Å². The van der Waals surface area contributed by atoms with Crippen LogP contribution in [0.5, 0.6) is 5.75 Å². The Bertz CT molecular complexity index is 1090. The second-order valence-electron chi connectivity index (χ2n) is 8.28. The summed E-state index contributed by atoms with van der Waals surface area (Å²) in [7, 11) is -2.34. The van der Waals surface area contributed by atoms with E-state index in [9.17, 15) is 22.7 Å². The minimum absolute atomic E-state index is 0.0553. The summed E-state index contributed by atoms with van der Waals surface area (Å²) in [5.74, 6) is -0.769. The van der Waals surface area contributed by atoms with Crippen LogP contribution in [0.1, 0.15) is 20.8 Å². The van der Waals surface area contributed by atoms with Crippen molar-refractivity contribution < 1.29 is 27.4 Å². The Morgan fingerprint density at radius 2 is 2.00 bits per heavy atom. The van der Waals surface area contributed by atoms with Crippen molar-refractivity contribution in [3.05, 3.63) is 48.3 Å². The fourth-order valence-electron chi connectivity index (χ4n) is 3.70. The molecule has 0 saturated heterocycles. The molecule has 1 aliphatic heterocycles. The Kier molecular flexibility index (Phi) is 7.22. The number of carbonyl (C=O) groups is 1. The van der Waals surface area contributed by atoms with Crippen molar-refractivity contribution in [2.45, 2.75) is 37.8 Å². The smallest absolute Gasteiger partial charge is 0.247 e. The van der Waals surface area contributed by atoms with Gasteiger partial charge in [-0.3, -0.25) is 4.79 Å². The summed E-state index contributed by atoms with van der Waals surface area (Å²) in [6, 6.07) is 10.0. The summed E-state index contributed by atoms with van der Waals surface area (Å²) in [5, 5.41) is 9.69. The number of benzene rings is 2. The average molecular weight is 465 g/mol. The molecule has 9 heteroatoms. The number of ether oxygens (including phenoxy) is 1. The van der Waals surface area contributed by atoms with Gasteiger partial charge < -0.3 is 14.7 Å². The van der Waals surface area contributed by atoms with Gasteiger partial charge in [0.1, 0.15) is 22.6 Å². The normalized spacial score (nSPS) is 21.6. The van der Waals surface area contributed by atoms with Crippen LogP contribution in [0.2, 0.25) is 0 Å². The number of aliphatic hydroxyl groups excluding tert-OH is 1. The molecule has 0 aromatic heterocycles. The van der Waals surface area contributed by atoms with Crippen molar-refractivity contribution in [2.75, 3.05) is 26.7 Å². The van der Waals surface area contributed by atoms with Crippen molar-refractivity contribution in [1.82, 2.24) is 9.21 Å². The summed E-state index contributed by atoms with van der Waals surface area (Å²) in [6.07, 6.45) is -0.512. The number of aliphatic hydroxyl groups is 1. The number of rotatable bonds is 5. The van der Waals surface area contributed by atoms with Gasteiger partial charge in [-0.1, -0.05) is 31.2 Å². The Hall–Kier alpha value is -2.49. The third-order valence-corrected chi connectivity index (χ3v) is 7.86. The van der Waals surface area contributed by atoms with Crippen LogP contribution in [0.3, 0.4) is 0 Å². The highest BCUT2D eigenvalue weighted by Gasteiger charge is 2.38. The first-order chi connectivity index (χ1) is 15.1. The van der Waals surface area contributed by atoms with Gasteiger partial charge in [-0.05, 0) is 30.7 Å². The lowest BCUT2D eigenvalue weighted by Crippen LogP contribution is -2.50. The number of amides is 1. The lowest BCUT2D eigenvalue weighted by Gasteiger charge is -2.37. The average Bonchev–Trinajstić information content (AvgIpc) is 2.75. The van der Waals surface area contributed by atoms with E-state index in [1.54, 1.807) is 38.2 Å². The number of halogens is 1. The highest BCUT2D eigenvalue weighted by atomic mass is 32.2. The predicted octanol–water partition coefficient (Wildman–Crippen LogP) is 2.74. The minimum atomic E-state index is -3.99. The van der Waals surface area contributed by atoms with Gasteiger partial charge >= 0.3 is 0 Å². The van der Waals surface area contributed by atoms with Crippen LogP contribution in [0.4, 0.5) is 4.39 Å². The molecule has 2 aromatic carbocycles. The molecule has 0 spiro atoms. The Balaban J connectivity index is 2.16. The number of carbonyl (C=O) groups excluding carboxylic acids is 1. The van der Waals surface area contributed by atoms with Gasteiger partial charge in [-0.15, -0.1) is 0 Å². The zero-order valence-electron chi connectivity index (χ0n) is 18.7. The first-order valence-electron chi connectivity index (χ1n) is 10.5. The first-order valence-corrected chi connectivity index (χ1v) is 11.9. The van der Waals surface area contributed by atoms with Gasteiger partial charge in [0.2, 0.25) is 15.9 Å². The third kappa shape index (κ3) is 4.79. The number of sulfonamides is 1. The summed E-state index contributed by atoms with van der Waals surface area (Å²) >= 11 is 0. The first kappa shape index (κ1) is 24.2. The zero-order chi connectivity index (χ0) is 23.6. The Morgan fingerprint density at radius 1 is 1.31 bits per heavy atom. The van der Waals surface area contributed by atoms with Crippen LogP contribution >= 0.6 is 0 Å². The molecule has 2 aromatic rings. The maximum Gasteiger partial charge on any atom is 0.247 e. The minimum Gasteiger partial charge on any atom is -0.487 e. The van der Waals surface area contributed by atoms with Gasteiger partial charge in [0.15, 0.2) is 0 Å². The fraction of sp³-hybridized carbons (Fsp3) is 0.435. The Labute approximate surface area is 188 Å². The molecule has 7 nitrogen and oxygen atoms in total. The van der Waals surface area contributed by atoms with Crippen LogP contribution in [-0.2, 0) is 14.8 Å². The second kappa shape index (κ2) is 9.56. The van der Waals surface area contributed by atoms with Crippen molar-refractivity contribution in [3.8, 4) is 16.9 Å². The SMILES string of the molecule is CC(=O)N(C)C[C@H]1Oc2cc(-c3ccccc3F)ccc2S(=O)(=O)N([C@H](C)CO)C[C@@H]1C. The van der Waals surface area contributed by atoms with Crippen LogP contribution in [0.15, 0.2) is 47.4 Å². The van der Waals surface area contributed by atoms with Crippen molar-refractivity contribution in [1.29, 1.82) is 0 Å². The maximum atomic E-state index is 14.4. The highest BCUT2D eigenvalue weighted by Crippen LogP contribution is 2.37. The number of likely N-dealkylation sites (N-methyl/N-ethyl adjacent to an activating group) is 1. The van der Waals surface area contributed by atoms with Gasteiger partial charge in [-0.2, -0.15) is 4.31 Å². The summed E-state index contributed by atoms with van der Waals surface area (Å²) in [6.45, 7) is 4.96. The predicted molar refractivity (Wildman–Crippen MR) is 119 cm³/mol. The molecule has 1 heterocycles. The number of fused-ring (bicyclic) bond motifs is 1. The monoisotopic (exact) mass is 464 g/mol.